The first kappa shape index (κ1) is 15.9. The Morgan fingerprint density at radius 1 is 1.24 bits per heavy atom. The molecule has 1 aromatic carbocycles. The van der Waals surface area contributed by atoms with Crippen molar-refractivity contribution >= 4 is 0 Å². The third kappa shape index (κ3) is 4.24. The van der Waals surface area contributed by atoms with Crippen molar-refractivity contribution in [1.29, 1.82) is 5.26 Å². The molecule has 0 bridgehead atoms. The van der Waals surface area contributed by atoms with Crippen molar-refractivity contribution in [1.82, 2.24) is 0 Å². The van der Waals surface area contributed by atoms with E-state index in [2.05, 4.69) is 39.0 Å². The topological polar surface area (TPSA) is 33.0 Å². The van der Waals surface area contributed by atoms with Gasteiger partial charge < -0.3 is 4.74 Å². The van der Waals surface area contributed by atoms with E-state index in [1.54, 1.807) is 0 Å². The van der Waals surface area contributed by atoms with Crippen molar-refractivity contribution in [3.8, 4) is 11.8 Å². The molecule has 0 aromatic heterocycles. The zero-order valence-electron chi connectivity index (χ0n) is 13.5. The van der Waals surface area contributed by atoms with Crippen LogP contribution in [0.5, 0.6) is 5.75 Å². The first-order valence-corrected chi connectivity index (χ1v) is 8.30. The van der Waals surface area contributed by atoms with Gasteiger partial charge in [-0.1, -0.05) is 45.7 Å². The summed E-state index contributed by atoms with van der Waals surface area (Å²) in [6.45, 7) is 6.62. The molecule has 3 atom stereocenters. The van der Waals surface area contributed by atoms with Crippen LogP contribution in [0.2, 0.25) is 0 Å². The van der Waals surface area contributed by atoms with Crippen molar-refractivity contribution < 1.29 is 4.74 Å². The van der Waals surface area contributed by atoms with Gasteiger partial charge in [-0.25, -0.2) is 0 Å². The fraction of sp³-hybridized carbons (Fsp3) is 0.632. The van der Waals surface area contributed by atoms with Crippen molar-refractivity contribution in [3.05, 3.63) is 29.8 Å². The molecule has 0 N–H and O–H groups in total. The molecule has 114 valence electrons. The normalized spacial score (nSPS) is 25.6. The van der Waals surface area contributed by atoms with Crippen LogP contribution in [0.15, 0.2) is 24.3 Å². The van der Waals surface area contributed by atoms with Gasteiger partial charge in [0.15, 0.2) is 0 Å². The third-order valence-corrected chi connectivity index (χ3v) is 4.60. The molecule has 1 aliphatic rings. The van der Waals surface area contributed by atoms with Gasteiger partial charge in [-0.15, -0.1) is 0 Å². The van der Waals surface area contributed by atoms with Gasteiger partial charge in [0.25, 0.3) is 0 Å². The highest BCUT2D eigenvalue weighted by Gasteiger charge is 2.31. The first-order valence-electron chi connectivity index (χ1n) is 8.30. The van der Waals surface area contributed by atoms with Gasteiger partial charge in [0, 0.05) is 0 Å². The first-order chi connectivity index (χ1) is 10.1. The van der Waals surface area contributed by atoms with E-state index < -0.39 is 0 Å². The monoisotopic (exact) mass is 285 g/mol. The number of benzene rings is 1. The second kappa shape index (κ2) is 7.50. The van der Waals surface area contributed by atoms with Crippen LogP contribution < -0.4 is 4.74 Å². The van der Waals surface area contributed by atoms with E-state index >= 15 is 0 Å². The highest BCUT2D eigenvalue weighted by molar-refractivity contribution is 5.29. The average Bonchev–Trinajstić information content (AvgIpc) is 2.48. The van der Waals surface area contributed by atoms with E-state index in [1.165, 1.54) is 24.8 Å². The largest absolute Gasteiger partial charge is 0.489 e. The highest BCUT2D eigenvalue weighted by atomic mass is 16.5. The zero-order chi connectivity index (χ0) is 15.2. The lowest BCUT2D eigenvalue weighted by Gasteiger charge is -2.33. The van der Waals surface area contributed by atoms with E-state index in [-0.39, 0.29) is 12.0 Å². The molecule has 0 saturated heterocycles. The second-order valence-corrected chi connectivity index (χ2v) is 6.58. The summed E-state index contributed by atoms with van der Waals surface area (Å²) in [6.07, 6.45) is 5.72. The molecule has 2 rings (SSSR count). The van der Waals surface area contributed by atoms with E-state index in [0.717, 1.165) is 24.5 Å². The Balaban J connectivity index is 2.02. The standard InChI is InChI=1S/C19H27NO/c1-4-5-15-6-7-17(13-20)19(12-15)21-18-10-8-16(9-11-18)14(2)3/h8-11,14-15,17,19H,4-7,12H2,1-3H3. The molecule has 21 heavy (non-hydrogen) atoms. The van der Waals surface area contributed by atoms with E-state index in [4.69, 9.17) is 4.74 Å². The summed E-state index contributed by atoms with van der Waals surface area (Å²) in [7, 11) is 0. The molecular formula is C19H27NO. The Bertz CT molecular complexity index is 471. The van der Waals surface area contributed by atoms with Gasteiger partial charge >= 0.3 is 0 Å². The minimum absolute atomic E-state index is 0.0443. The molecule has 1 fully saturated rings. The average molecular weight is 285 g/mol. The summed E-state index contributed by atoms with van der Waals surface area (Å²) in [6, 6.07) is 10.8. The van der Waals surface area contributed by atoms with E-state index in [9.17, 15) is 5.26 Å². The van der Waals surface area contributed by atoms with Crippen LogP contribution in [0.25, 0.3) is 0 Å². The highest BCUT2D eigenvalue weighted by Crippen LogP contribution is 2.34. The molecule has 1 aromatic rings. The maximum Gasteiger partial charge on any atom is 0.119 e. The lowest BCUT2D eigenvalue weighted by atomic mass is 9.78. The summed E-state index contributed by atoms with van der Waals surface area (Å²) in [5.74, 6) is 2.21. The van der Waals surface area contributed by atoms with Gasteiger partial charge in [-0.3, -0.25) is 0 Å². The van der Waals surface area contributed by atoms with Gasteiger partial charge in [-0.2, -0.15) is 5.26 Å². The number of hydrogen-bond acceptors (Lipinski definition) is 2. The minimum atomic E-state index is 0.0443. The van der Waals surface area contributed by atoms with Crippen molar-refractivity contribution in [2.45, 2.75) is 64.9 Å². The Morgan fingerprint density at radius 2 is 1.95 bits per heavy atom. The Kier molecular flexibility index (Phi) is 5.67. The Labute approximate surface area is 129 Å². The molecule has 0 amide bonds. The fourth-order valence-corrected chi connectivity index (χ4v) is 3.27. The van der Waals surface area contributed by atoms with Crippen LogP contribution in [0.4, 0.5) is 0 Å². The number of nitrogens with zero attached hydrogens (tertiary/aromatic N) is 1. The van der Waals surface area contributed by atoms with Gasteiger partial charge in [-0.05, 0) is 48.8 Å². The molecule has 0 radical (unpaired) electrons. The van der Waals surface area contributed by atoms with Gasteiger partial charge in [0.2, 0.25) is 0 Å². The molecule has 2 nitrogen and oxygen atoms in total. The van der Waals surface area contributed by atoms with Gasteiger partial charge in [0.05, 0.1) is 12.0 Å². The smallest absolute Gasteiger partial charge is 0.119 e. The minimum Gasteiger partial charge on any atom is -0.489 e. The van der Waals surface area contributed by atoms with Crippen molar-refractivity contribution in [2.24, 2.45) is 11.8 Å². The number of rotatable bonds is 5. The third-order valence-electron chi connectivity index (χ3n) is 4.60. The van der Waals surface area contributed by atoms with Crippen molar-refractivity contribution in [3.63, 3.8) is 0 Å². The summed E-state index contributed by atoms with van der Waals surface area (Å²) in [5.41, 5.74) is 1.33. The molecule has 0 heterocycles. The summed E-state index contributed by atoms with van der Waals surface area (Å²) >= 11 is 0. The zero-order valence-corrected chi connectivity index (χ0v) is 13.5. The van der Waals surface area contributed by atoms with Crippen LogP contribution in [0, 0.1) is 23.2 Å². The summed E-state index contributed by atoms with van der Waals surface area (Å²) in [5, 5.41) is 9.34. The van der Waals surface area contributed by atoms with Crippen LogP contribution in [0.1, 0.15) is 64.4 Å². The second-order valence-electron chi connectivity index (χ2n) is 6.58. The maximum absolute atomic E-state index is 9.34. The SMILES string of the molecule is CCCC1CCC(C#N)C(Oc2ccc(C(C)C)cc2)C1. The van der Waals surface area contributed by atoms with Crippen LogP contribution in [0.3, 0.4) is 0 Å². The lowest BCUT2D eigenvalue weighted by molar-refractivity contribution is 0.0875. The maximum atomic E-state index is 9.34. The van der Waals surface area contributed by atoms with E-state index in [0.29, 0.717) is 5.92 Å². The molecule has 0 aliphatic heterocycles. The molecule has 0 spiro atoms. The van der Waals surface area contributed by atoms with Crippen LogP contribution in [-0.4, -0.2) is 6.10 Å². The Hall–Kier alpha value is -1.49. The quantitative estimate of drug-likeness (QED) is 0.735. The molecule has 1 aliphatic carbocycles. The molecule has 1 saturated carbocycles. The molecular weight excluding hydrogens is 258 g/mol. The lowest BCUT2D eigenvalue weighted by Crippen LogP contribution is -2.33. The van der Waals surface area contributed by atoms with E-state index in [1.807, 2.05) is 12.1 Å². The number of hydrogen-bond donors (Lipinski definition) is 0. The summed E-state index contributed by atoms with van der Waals surface area (Å²) < 4.78 is 6.15. The number of ether oxygens (including phenoxy) is 1. The van der Waals surface area contributed by atoms with Gasteiger partial charge in [0.1, 0.15) is 11.9 Å². The molecule has 2 heteroatoms. The predicted octanol–water partition coefficient (Wildman–Crippen LogP) is 5.30. The molecule has 3 unspecified atom stereocenters. The fourth-order valence-electron chi connectivity index (χ4n) is 3.27. The van der Waals surface area contributed by atoms with Crippen LogP contribution in [-0.2, 0) is 0 Å². The van der Waals surface area contributed by atoms with Crippen molar-refractivity contribution in [2.75, 3.05) is 0 Å². The Morgan fingerprint density at radius 3 is 2.52 bits per heavy atom. The summed E-state index contributed by atoms with van der Waals surface area (Å²) in [4.78, 5) is 0. The van der Waals surface area contributed by atoms with Crippen LogP contribution >= 0.6 is 0 Å². The number of nitriles is 1. The predicted molar refractivity (Wildman–Crippen MR) is 86.3 cm³/mol.